The van der Waals surface area contributed by atoms with Crippen LogP contribution in [-0.2, 0) is 6.42 Å². The van der Waals surface area contributed by atoms with Gasteiger partial charge in [-0.2, -0.15) is 0 Å². The Bertz CT molecular complexity index is 543. The van der Waals surface area contributed by atoms with E-state index < -0.39 is 0 Å². The van der Waals surface area contributed by atoms with Crippen molar-refractivity contribution in [3.05, 3.63) is 42.1 Å². The minimum atomic E-state index is 0. The number of hydrogen-bond donors (Lipinski definition) is 0. The van der Waals surface area contributed by atoms with Crippen LogP contribution in [0.25, 0.3) is 10.9 Å². The predicted molar refractivity (Wildman–Crippen MR) is 115 cm³/mol. The summed E-state index contributed by atoms with van der Waals surface area (Å²) in [5.74, 6) is 0.841. The first-order valence-corrected chi connectivity index (χ1v) is 9.42. The number of benzene rings is 1. The third-order valence-corrected chi connectivity index (χ3v) is 4.40. The Morgan fingerprint density at radius 1 is 1.00 bits per heavy atom. The van der Waals surface area contributed by atoms with Gasteiger partial charge in [0.15, 0.2) is 0 Å². The Morgan fingerprint density at radius 3 is 2.20 bits per heavy atom. The van der Waals surface area contributed by atoms with Crippen molar-refractivity contribution in [2.75, 3.05) is 19.6 Å². The van der Waals surface area contributed by atoms with Crippen molar-refractivity contribution in [1.82, 2.24) is 9.88 Å². The first-order chi connectivity index (χ1) is 11.4. The highest BCUT2D eigenvalue weighted by molar-refractivity contribution is 5.81. The Morgan fingerprint density at radius 2 is 1.60 bits per heavy atom. The molecule has 0 unspecified atom stereocenters. The molecule has 25 heavy (non-hydrogen) atoms. The topological polar surface area (TPSA) is 16.1 Å². The second-order valence-electron chi connectivity index (χ2n) is 5.57. The van der Waals surface area contributed by atoms with Crippen LogP contribution in [0.3, 0.4) is 0 Å². The molecule has 2 aromatic rings. The molecule has 0 amide bonds. The Kier molecular flexibility index (Phi) is 15.5. The lowest BCUT2D eigenvalue weighted by molar-refractivity contribution is 0.192. The first-order valence-electron chi connectivity index (χ1n) is 9.42. The standard InChI is InChI=1S/C17H22N2.2C2H6.CH4.B/c1-2-19-11-8-14(9-12-19)13-15-7-10-18-17-6-4-3-5-16(15)17;2*1-2;;/h3-7,10,14H,2,8-9,11-13H2,1H3;2*1-2H3;1H4;. The van der Waals surface area contributed by atoms with Gasteiger partial charge in [-0.15, -0.1) is 0 Å². The Labute approximate surface area is 158 Å². The minimum absolute atomic E-state index is 0. The van der Waals surface area contributed by atoms with E-state index in [1.54, 1.807) is 0 Å². The molecule has 2 heterocycles. The number of pyridine rings is 1. The highest BCUT2D eigenvalue weighted by Gasteiger charge is 2.18. The molecule has 1 fully saturated rings. The lowest BCUT2D eigenvalue weighted by Crippen LogP contribution is -2.34. The van der Waals surface area contributed by atoms with E-state index in [0.717, 1.165) is 11.4 Å². The van der Waals surface area contributed by atoms with Gasteiger partial charge in [-0.25, -0.2) is 0 Å². The van der Waals surface area contributed by atoms with Gasteiger partial charge in [0.2, 0.25) is 0 Å². The molecule has 1 saturated heterocycles. The SMILES string of the molecule is C.CC.CC.CCN1CCC(Cc2ccnc3ccccc23)CC1.[B]. The normalized spacial score (nSPS) is 14.1. The van der Waals surface area contributed by atoms with Crippen LogP contribution in [0.2, 0.25) is 0 Å². The van der Waals surface area contributed by atoms with Crippen molar-refractivity contribution in [3.8, 4) is 0 Å². The molecule has 0 saturated carbocycles. The van der Waals surface area contributed by atoms with E-state index in [-0.39, 0.29) is 15.8 Å². The third kappa shape index (κ3) is 7.60. The molecule has 139 valence electrons. The molecule has 0 atom stereocenters. The van der Waals surface area contributed by atoms with Crippen LogP contribution in [0.4, 0.5) is 0 Å². The number of hydrogen-bond acceptors (Lipinski definition) is 2. The van der Waals surface area contributed by atoms with Crippen molar-refractivity contribution in [3.63, 3.8) is 0 Å². The van der Waals surface area contributed by atoms with Gasteiger partial charge in [0.25, 0.3) is 0 Å². The van der Waals surface area contributed by atoms with E-state index in [1.807, 2.05) is 33.9 Å². The maximum atomic E-state index is 4.45. The highest BCUT2D eigenvalue weighted by Crippen LogP contribution is 2.25. The van der Waals surface area contributed by atoms with Gasteiger partial charge < -0.3 is 4.90 Å². The lowest BCUT2D eigenvalue weighted by atomic mass is 9.89. The van der Waals surface area contributed by atoms with Crippen molar-refractivity contribution < 1.29 is 0 Å². The molecule has 1 aliphatic rings. The minimum Gasteiger partial charge on any atom is -0.304 e. The lowest BCUT2D eigenvalue weighted by Gasteiger charge is -2.31. The molecule has 1 aromatic heterocycles. The number of likely N-dealkylation sites (tertiary alicyclic amines) is 1. The number of piperidine rings is 1. The molecule has 0 bridgehead atoms. The highest BCUT2D eigenvalue weighted by atomic mass is 15.1. The van der Waals surface area contributed by atoms with Crippen molar-refractivity contribution in [1.29, 1.82) is 0 Å². The zero-order valence-electron chi connectivity index (χ0n) is 16.3. The molecule has 1 aromatic carbocycles. The Hall–Kier alpha value is -1.35. The maximum Gasteiger partial charge on any atom is 0.0704 e. The average Bonchev–Trinajstić information content (AvgIpc) is 2.66. The summed E-state index contributed by atoms with van der Waals surface area (Å²) in [7, 11) is 0. The molecule has 2 nitrogen and oxygen atoms in total. The van der Waals surface area contributed by atoms with Crippen LogP contribution in [-0.4, -0.2) is 37.9 Å². The molecule has 3 heteroatoms. The molecule has 0 aliphatic carbocycles. The molecule has 0 N–H and O–H groups in total. The summed E-state index contributed by atoms with van der Waals surface area (Å²) in [5, 5.41) is 1.34. The summed E-state index contributed by atoms with van der Waals surface area (Å²) in [6, 6.07) is 10.7. The predicted octanol–water partition coefficient (Wildman–Crippen LogP) is 5.82. The van der Waals surface area contributed by atoms with E-state index >= 15 is 0 Å². The summed E-state index contributed by atoms with van der Waals surface area (Å²) in [6.45, 7) is 14.0. The summed E-state index contributed by atoms with van der Waals surface area (Å²) in [5.41, 5.74) is 2.60. The van der Waals surface area contributed by atoms with Crippen LogP contribution in [0.5, 0.6) is 0 Å². The fourth-order valence-electron chi connectivity index (χ4n) is 3.15. The van der Waals surface area contributed by atoms with Crippen LogP contribution in [0, 0.1) is 5.92 Å². The molecule has 3 rings (SSSR count). The monoisotopic (exact) mass is 341 g/mol. The van der Waals surface area contributed by atoms with Gasteiger partial charge in [-0.1, -0.05) is 60.2 Å². The fraction of sp³-hybridized carbons (Fsp3) is 0.591. The molecule has 0 spiro atoms. The summed E-state index contributed by atoms with van der Waals surface area (Å²) in [4.78, 5) is 7.01. The maximum absolute atomic E-state index is 4.45. The zero-order valence-corrected chi connectivity index (χ0v) is 16.3. The quantitative estimate of drug-likeness (QED) is 0.654. The van der Waals surface area contributed by atoms with Gasteiger partial charge in [-0.05, 0) is 62.5 Å². The van der Waals surface area contributed by atoms with Crippen LogP contribution in [0.15, 0.2) is 36.5 Å². The number of para-hydroxylation sites is 1. The van der Waals surface area contributed by atoms with Gasteiger partial charge in [0.05, 0.1) is 5.52 Å². The average molecular weight is 341 g/mol. The second kappa shape index (κ2) is 15.0. The number of rotatable bonds is 3. The van der Waals surface area contributed by atoms with Gasteiger partial charge >= 0.3 is 0 Å². The van der Waals surface area contributed by atoms with E-state index in [1.165, 1.54) is 49.8 Å². The summed E-state index contributed by atoms with van der Waals surface area (Å²) < 4.78 is 0. The van der Waals surface area contributed by atoms with Crippen LogP contribution < -0.4 is 0 Å². The van der Waals surface area contributed by atoms with Gasteiger partial charge in [0, 0.05) is 20.0 Å². The molecular formula is C22H38BN2. The first kappa shape index (κ1) is 25.9. The second-order valence-corrected chi connectivity index (χ2v) is 5.57. The van der Waals surface area contributed by atoms with Gasteiger partial charge in [-0.3, -0.25) is 4.98 Å². The van der Waals surface area contributed by atoms with Crippen molar-refractivity contribution in [2.24, 2.45) is 5.92 Å². The zero-order chi connectivity index (χ0) is 17.1. The van der Waals surface area contributed by atoms with Crippen molar-refractivity contribution >= 4 is 19.3 Å². The largest absolute Gasteiger partial charge is 0.304 e. The van der Waals surface area contributed by atoms with Crippen LogP contribution in [0.1, 0.15) is 60.5 Å². The smallest absolute Gasteiger partial charge is 0.0704 e. The summed E-state index contributed by atoms with van der Waals surface area (Å²) >= 11 is 0. The molecule has 3 radical (unpaired) electrons. The number of aromatic nitrogens is 1. The molecular weight excluding hydrogens is 303 g/mol. The van der Waals surface area contributed by atoms with Crippen LogP contribution >= 0.6 is 0 Å². The van der Waals surface area contributed by atoms with E-state index in [0.29, 0.717) is 0 Å². The number of nitrogens with zero attached hydrogens (tertiary/aromatic N) is 2. The van der Waals surface area contributed by atoms with Gasteiger partial charge in [0.1, 0.15) is 0 Å². The van der Waals surface area contributed by atoms with E-state index in [2.05, 4.69) is 47.1 Å². The Balaban J connectivity index is 0. The fourth-order valence-corrected chi connectivity index (χ4v) is 3.15. The van der Waals surface area contributed by atoms with E-state index in [4.69, 9.17) is 0 Å². The molecule has 1 aliphatic heterocycles. The van der Waals surface area contributed by atoms with E-state index in [9.17, 15) is 0 Å². The summed E-state index contributed by atoms with van der Waals surface area (Å²) in [6.07, 6.45) is 5.84. The number of fused-ring (bicyclic) bond motifs is 1. The van der Waals surface area contributed by atoms with Crippen molar-refractivity contribution in [2.45, 2.75) is 61.3 Å². The third-order valence-electron chi connectivity index (χ3n) is 4.40.